The van der Waals surface area contributed by atoms with Crippen LogP contribution in [0.15, 0.2) is 36.7 Å². The van der Waals surface area contributed by atoms with Gasteiger partial charge in [-0.15, -0.1) is 0 Å². The summed E-state index contributed by atoms with van der Waals surface area (Å²) in [6, 6.07) is 8.77. The number of unbranched alkanes of at least 4 members (excludes halogenated alkanes) is 13. The molecule has 0 spiro atoms. The Morgan fingerprint density at radius 3 is 1.80 bits per heavy atom. The van der Waals surface area contributed by atoms with E-state index in [1.807, 2.05) is 12.4 Å². The molecule has 0 N–H and O–H groups in total. The van der Waals surface area contributed by atoms with Gasteiger partial charge in [-0.1, -0.05) is 135 Å². The fraction of sp³-hybridized carbons (Fsp3) is 0.688. The lowest BCUT2D eigenvalue weighted by Crippen LogP contribution is -1.99. The second-order valence-corrected chi connectivity index (χ2v) is 10.7. The maximum absolute atomic E-state index is 5.85. The van der Waals surface area contributed by atoms with E-state index in [0.29, 0.717) is 0 Å². The van der Waals surface area contributed by atoms with Gasteiger partial charge in [0.15, 0.2) is 11.6 Å². The van der Waals surface area contributed by atoms with Crippen LogP contribution >= 0.6 is 0 Å². The number of benzene rings is 1. The first-order valence-corrected chi connectivity index (χ1v) is 14.7. The van der Waals surface area contributed by atoms with Crippen LogP contribution in [0.5, 0.6) is 5.75 Å². The van der Waals surface area contributed by atoms with E-state index in [4.69, 9.17) is 4.74 Å². The average molecular weight is 481 g/mol. The minimum Gasteiger partial charge on any atom is -0.490 e. The molecule has 0 atom stereocenters. The second-order valence-electron chi connectivity index (χ2n) is 10.7. The summed E-state index contributed by atoms with van der Waals surface area (Å²) >= 11 is 0. The minimum absolute atomic E-state index is 0.755. The molecule has 2 rings (SSSR count). The van der Waals surface area contributed by atoms with Gasteiger partial charge in [0.1, 0.15) is 0 Å². The molecule has 3 heteroatoms. The van der Waals surface area contributed by atoms with Crippen molar-refractivity contribution in [1.82, 2.24) is 9.97 Å². The largest absolute Gasteiger partial charge is 0.490 e. The van der Waals surface area contributed by atoms with Crippen LogP contribution in [0, 0.1) is 5.92 Å². The predicted octanol–water partition coefficient (Wildman–Crippen LogP) is 9.98. The third kappa shape index (κ3) is 14.3. The summed E-state index contributed by atoms with van der Waals surface area (Å²) in [7, 11) is 0. The summed E-state index contributed by atoms with van der Waals surface area (Å²) in [6.45, 7) is 7.67. The van der Waals surface area contributed by atoms with Crippen LogP contribution in [0.3, 0.4) is 0 Å². The minimum atomic E-state index is 0.755. The molecule has 3 nitrogen and oxygen atoms in total. The Morgan fingerprint density at radius 1 is 0.657 bits per heavy atom. The normalized spacial score (nSPS) is 11.3. The first-order valence-electron chi connectivity index (χ1n) is 14.7. The van der Waals surface area contributed by atoms with E-state index in [1.165, 1.54) is 108 Å². The number of hydrogen-bond acceptors (Lipinski definition) is 3. The molecule has 1 heterocycles. The molecule has 0 amide bonds. The maximum Gasteiger partial charge on any atom is 0.159 e. The van der Waals surface area contributed by atoms with Gasteiger partial charge in [0.05, 0.1) is 19.0 Å². The highest BCUT2D eigenvalue weighted by atomic mass is 16.5. The molecule has 2 aromatic rings. The number of aromatic nitrogens is 2. The quantitative estimate of drug-likeness (QED) is 0.167. The summed E-state index contributed by atoms with van der Waals surface area (Å²) < 4.78 is 5.85. The Hall–Kier alpha value is -1.90. The molecule has 0 saturated carbocycles. The Bertz CT molecular complexity index is 739. The highest BCUT2D eigenvalue weighted by Crippen LogP contribution is 2.19. The van der Waals surface area contributed by atoms with Crippen molar-refractivity contribution in [2.45, 2.75) is 130 Å². The molecule has 1 aromatic carbocycles. The third-order valence-electron chi connectivity index (χ3n) is 6.85. The van der Waals surface area contributed by atoms with Crippen LogP contribution in [-0.2, 0) is 6.42 Å². The summed E-state index contributed by atoms with van der Waals surface area (Å²) in [5, 5.41) is 0. The Kier molecular flexibility index (Phi) is 16.2. The lowest BCUT2D eigenvalue weighted by molar-refractivity contribution is 0.302. The number of nitrogens with zero attached hydrogens (tertiary/aromatic N) is 2. The highest BCUT2D eigenvalue weighted by Gasteiger charge is 2.03. The SMILES string of the molecule is CCCCCCCCCCCOc1cnc(-c2ccc(CCCCCCCCC(C)C)cc2)nc1. The number of hydrogen-bond donors (Lipinski definition) is 0. The third-order valence-corrected chi connectivity index (χ3v) is 6.85. The summed E-state index contributed by atoms with van der Waals surface area (Å²) in [5.74, 6) is 2.39. The van der Waals surface area contributed by atoms with Crippen LogP contribution in [-0.4, -0.2) is 16.6 Å². The Morgan fingerprint density at radius 2 is 1.20 bits per heavy atom. The van der Waals surface area contributed by atoms with Crippen LogP contribution in [0.4, 0.5) is 0 Å². The highest BCUT2D eigenvalue weighted by molar-refractivity contribution is 5.55. The zero-order valence-corrected chi connectivity index (χ0v) is 23.1. The average Bonchev–Trinajstić information content (AvgIpc) is 2.87. The van der Waals surface area contributed by atoms with Gasteiger partial charge in [-0.25, -0.2) is 9.97 Å². The van der Waals surface area contributed by atoms with Crippen molar-refractivity contribution in [1.29, 1.82) is 0 Å². The lowest BCUT2D eigenvalue weighted by atomic mass is 10.0. The smallest absolute Gasteiger partial charge is 0.159 e. The fourth-order valence-electron chi connectivity index (χ4n) is 4.55. The van der Waals surface area contributed by atoms with E-state index in [9.17, 15) is 0 Å². The Balaban J connectivity index is 1.56. The molecule has 0 aliphatic carbocycles. The van der Waals surface area contributed by atoms with Crippen molar-refractivity contribution in [2.75, 3.05) is 6.61 Å². The standard InChI is InChI=1S/C32H52N2O/c1-4-5-6-7-8-9-12-15-18-25-35-31-26-33-32(34-27-31)30-23-21-29(22-24-30)20-17-14-11-10-13-16-19-28(2)3/h21-24,26-28H,4-20,25H2,1-3H3. The van der Waals surface area contributed by atoms with Crippen molar-refractivity contribution in [2.24, 2.45) is 5.92 Å². The second kappa shape index (κ2) is 19.3. The fourth-order valence-corrected chi connectivity index (χ4v) is 4.55. The number of rotatable bonds is 21. The van der Waals surface area contributed by atoms with Crippen LogP contribution in [0.25, 0.3) is 11.4 Å². The van der Waals surface area contributed by atoms with E-state index < -0.39 is 0 Å². The van der Waals surface area contributed by atoms with Crippen LogP contribution in [0.1, 0.15) is 129 Å². The molecule has 0 radical (unpaired) electrons. The molecule has 0 fully saturated rings. The van der Waals surface area contributed by atoms with Crippen LogP contribution in [0.2, 0.25) is 0 Å². The van der Waals surface area contributed by atoms with E-state index in [1.54, 1.807) is 0 Å². The van der Waals surface area contributed by atoms with Crippen molar-refractivity contribution >= 4 is 0 Å². The van der Waals surface area contributed by atoms with Gasteiger partial charge in [-0.05, 0) is 30.7 Å². The van der Waals surface area contributed by atoms with Gasteiger partial charge in [-0.3, -0.25) is 0 Å². The molecule has 196 valence electrons. The van der Waals surface area contributed by atoms with Gasteiger partial charge in [0.2, 0.25) is 0 Å². The molecule has 0 aliphatic rings. The monoisotopic (exact) mass is 480 g/mol. The number of ether oxygens (including phenoxy) is 1. The molecular formula is C32H52N2O. The van der Waals surface area contributed by atoms with Gasteiger partial charge in [0, 0.05) is 5.56 Å². The Labute approximate surface area is 216 Å². The molecule has 1 aromatic heterocycles. The van der Waals surface area contributed by atoms with Gasteiger partial charge in [-0.2, -0.15) is 0 Å². The lowest BCUT2D eigenvalue weighted by Gasteiger charge is -2.07. The van der Waals surface area contributed by atoms with Crippen molar-refractivity contribution < 1.29 is 4.74 Å². The van der Waals surface area contributed by atoms with E-state index in [-0.39, 0.29) is 0 Å². The maximum atomic E-state index is 5.85. The summed E-state index contributed by atoms with van der Waals surface area (Å²) in [4.78, 5) is 9.06. The van der Waals surface area contributed by atoms with E-state index >= 15 is 0 Å². The zero-order valence-electron chi connectivity index (χ0n) is 23.1. The van der Waals surface area contributed by atoms with E-state index in [0.717, 1.165) is 36.1 Å². The number of aryl methyl sites for hydroxylation is 1. The van der Waals surface area contributed by atoms with E-state index in [2.05, 4.69) is 55.0 Å². The first-order chi connectivity index (χ1) is 17.2. The van der Waals surface area contributed by atoms with Gasteiger partial charge >= 0.3 is 0 Å². The van der Waals surface area contributed by atoms with Gasteiger partial charge < -0.3 is 4.74 Å². The topological polar surface area (TPSA) is 35.0 Å². The summed E-state index contributed by atoms with van der Waals surface area (Å²) in [6.07, 6.45) is 26.3. The molecule has 35 heavy (non-hydrogen) atoms. The first kappa shape index (κ1) is 29.3. The molecule has 0 aliphatic heterocycles. The van der Waals surface area contributed by atoms with Crippen molar-refractivity contribution in [3.63, 3.8) is 0 Å². The van der Waals surface area contributed by atoms with Gasteiger partial charge in [0.25, 0.3) is 0 Å². The molecule has 0 unspecified atom stereocenters. The molecular weight excluding hydrogens is 428 g/mol. The molecule has 0 saturated heterocycles. The summed E-state index contributed by atoms with van der Waals surface area (Å²) in [5.41, 5.74) is 2.49. The predicted molar refractivity (Wildman–Crippen MR) is 151 cm³/mol. The van der Waals surface area contributed by atoms with Crippen LogP contribution < -0.4 is 4.74 Å². The van der Waals surface area contributed by atoms with Crippen molar-refractivity contribution in [3.8, 4) is 17.1 Å². The van der Waals surface area contributed by atoms with Crippen molar-refractivity contribution in [3.05, 3.63) is 42.2 Å². The molecule has 0 bridgehead atoms. The zero-order chi connectivity index (χ0) is 25.0.